The summed E-state index contributed by atoms with van der Waals surface area (Å²) in [6.45, 7) is 0. The van der Waals surface area contributed by atoms with Gasteiger partial charge in [-0.25, -0.2) is 15.0 Å². The monoisotopic (exact) mass is 713 g/mol. The summed E-state index contributed by atoms with van der Waals surface area (Å²) in [5.74, 6) is 0.710. The molecule has 0 aliphatic rings. The third-order valence-electron chi connectivity index (χ3n) is 10.5. The maximum atomic E-state index is 5.17. The van der Waals surface area contributed by atoms with Gasteiger partial charge >= 0.3 is 0 Å². The Morgan fingerprint density at radius 1 is 0.268 bits per heavy atom. The summed E-state index contributed by atoms with van der Waals surface area (Å²) < 4.78 is 0. The Balaban J connectivity index is 1.04. The van der Waals surface area contributed by atoms with Gasteiger partial charge in [-0.3, -0.25) is 0 Å². The molecule has 3 nitrogen and oxygen atoms in total. The van der Waals surface area contributed by atoms with Crippen molar-refractivity contribution >= 4 is 21.7 Å². The summed E-state index contributed by atoms with van der Waals surface area (Å²) in [6.07, 6.45) is 0. The van der Waals surface area contributed by atoms with Crippen LogP contribution in [0.15, 0.2) is 212 Å². The van der Waals surface area contributed by atoms with Crippen molar-refractivity contribution in [3.63, 3.8) is 0 Å². The normalized spacial score (nSPS) is 11.2. The van der Waals surface area contributed by atoms with Crippen LogP contribution in [-0.4, -0.2) is 15.0 Å². The highest BCUT2D eigenvalue weighted by atomic mass is 14.9. The minimum absolute atomic E-state index is 0.710. The molecule has 0 radical (unpaired) electrons. The van der Waals surface area contributed by atoms with Crippen LogP contribution in [0.5, 0.6) is 0 Å². The molecule has 0 aliphatic carbocycles. The smallest absolute Gasteiger partial charge is 0.160 e. The average molecular weight is 714 g/mol. The van der Waals surface area contributed by atoms with Gasteiger partial charge in [0.2, 0.25) is 0 Å². The Morgan fingerprint density at radius 3 is 1.34 bits per heavy atom. The molecule has 0 atom stereocenters. The lowest BCUT2D eigenvalue weighted by molar-refractivity contribution is 1.18. The largest absolute Gasteiger partial charge is 0.248 e. The van der Waals surface area contributed by atoms with Crippen LogP contribution in [0.4, 0.5) is 0 Å². The lowest BCUT2D eigenvalue weighted by Crippen LogP contribution is -1.96. The Morgan fingerprint density at radius 2 is 0.732 bits per heavy atom. The third-order valence-corrected chi connectivity index (χ3v) is 10.5. The first-order valence-corrected chi connectivity index (χ1v) is 18.9. The molecule has 0 saturated carbocycles. The standard InChI is InChI=1S/C53H35N3/c1-5-15-36(16-6-1)47-34-49(37-17-7-2-8-18-37)54-48-30-28-44-32-43(27-29-46(44)52(47)48)41-24-13-23-40(31-41)42-25-14-26-45(33-42)51-35-50(38-19-9-3-10-20-38)55-53(56-51)39-21-11-4-12-22-39/h1-35H. The van der Waals surface area contributed by atoms with Crippen molar-refractivity contribution in [3.05, 3.63) is 212 Å². The maximum absolute atomic E-state index is 5.17. The van der Waals surface area contributed by atoms with Crippen molar-refractivity contribution in [3.8, 4) is 78.5 Å². The Hall–Kier alpha value is -7.49. The molecule has 0 fully saturated rings. The molecule has 262 valence electrons. The molecule has 0 bridgehead atoms. The molecule has 0 N–H and O–H groups in total. The fraction of sp³-hybridized carbons (Fsp3) is 0. The molecular weight excluding hydrogens is 679 g/mol. The van der Waals surface area contributed by atoms with E-state index in [0.29, 0.717) is 5.82 Å². The molecule has 2 aromatic heterocycles. The minimum atomic E-state index is 0.710. The number of benzene rings is 8. The van der Waals surface area contributed by atoms with Crippen LogP contribution in [0, 0.1) is 0 Å². The number of aromatic nitrogens is 3. The topological polar surface area (TPSA) is 38.7 Å². The van der Waals surface area contributed by atoms with Gasteiger partial charge in [0.25, 0.3) is 0 Å². The quantitative estimate of drug-likeness (QED) is 0.154. The highest BCUT2D eigenvalue weighted by Crippen LogP contribution is 2.39. The van der Waals surface area contributed by atoms with E-state index in [1.807, 2.05) is 42.5 Å². The predicted octanol–water partition coefficient (Wildman–Crippen LogP) is 13.8. The van der Waals surface area contributed by atoms with Gasteiger partial charge in [0, 0.05) is 27.6 Å². The number of hydrogen-bond donors (Lipinski definition) is 0. The second-order valence-corrected chi connectivity index (χ2v) is 14.0. The third kappa shape index (κ3) is 6.42. The van der Waals surface area contributed by atoms with E-state index < -0.39 is 0 Å². The van der Waals surface area contributed by atoms with Crippen LogP contribution >= 0.6 is 0 Å². The number of pyridine rings is 1. The Kier molecular flexibility index (Phi) is 8.51. The summed E-state index contributed by atoms with van der Waals surface area (Å²) in [4.78, 5) is 15.2. The summed E-state index contributed by atoms with van der Waals surface area (Å²) in [5.41, 5.74) is 14.9. The first kappa shape index (κ1) is 33.1. The Labute approximate surface area is 326 Å². The van der Waals surface area contributed by atoms with Gasteiger partial charge < -0.3 is 0 Å². The minimum Gasteiger partial charge on any atom is -0.248 e. The van der Waals surface area contributed by atoms with E-state index in [2.05, 4.69) is 170 Å². The van der Waals surface area contributed by atoms with Gasteiger partial charge in [-0.2, -0.15) is 0 Å². The van der Waals surface area contributed by atoms with Crippen molar-refractivity contribution in [2.24, 2.45) is 0 Å². The van der Waals surface area contributed by atoms with E-state index in [1.165, 1.54) is 32.8 Å². The Bertz CT molecular complexity index is 2940. The highest BCUT2D eigenvalue weighted by Gasteiger charge is 2.15. The van der Waals surface area contributed by atoms with E-state index >= 15 is 0 Å². The molecule has 10 aromatic rings. The fourth-order valence-electron chi connectivity index (χ4n) is 7.65. The molecular formula is C53H35N3. The second-order valence-electron chi connectivity index (χ2n) is 14.0. The van der Waals surface area contributed by atoms with Gasteiger partial charge in [0.05, 0.1) is 22.6 Å². The summed E-state index contributed by atoms with van der Waals surface area (Å²) >= 11 is 0. The maximum Gasteiger partial charge on any atom is 0.160 e. The zero-order chi connectivity index (χ0) is 37.3. The zero-order valence-electron chi connectivity index (χ0n) is 30.5. The van der Waals surface area contributed by atoms with Gasteiger partial charge in [0.1, 0.15) is 0 Å². The van der Waals surface area contributed by atoms with Crippen LogP contribution < -0.4 is 0 Å². The average Bonchev–Trinajstić information content (AvgIpc) is 3.29. The van der Waals surface area contributed by atoms with Gasteiger partial charge in [-0.1, -0.05) is 176 Å². The molecule has 0 unspecified atom stereocenters. The molecule has 3 heteroatoms. The van der Waals surface area contributed by atoms with Gasteiger partial charge in [-0.05, 0) is 80.6 Å². The number of nitrogens with zero attached hydrogens (tertiary/aromatic N) is 3. The molecule has 56 heavy (non-hydrogen) atoms. The van der Waals surface area contributed by atoms with E-state index in [0.717, 1.165) is 61.5 Å². The van der Waals surface area contributed by atoms with Crippen LogP contribution in [-0.2, 0) is 0 Å². The van der Waals surface area contributed by atoms with Gasteiger partial charge in [0.15, 0.2) is 5.82 Å². The molecule has 0 saturated heterocycles. The number of fused-ring (bicyclic) bond motifs is 3. The van der Waals surface area contributed by atoms with E-state index in [1.54, 1.807) is 0 Å². The van der Waals surface area contributed by atoms with E-state index in [-0.39, 0.29) is 0 Å². The van der Waals surface area contributed by atoms with Crippen LogP contribution in [0.3, 0.4) is 0 Å². The predicted molar refractivity (Wildman–Crippen MR) is 233 cm³/mol. The lowest BCUT2D eigenvalue weighted by Gasteiger charge is -2.14. The van der Waals surface area contributed by atoms with E-state index in [4.69, 9.17) is 15.0 Å². The summed E-state index contributed by atoms with van der Waals surface area (Å²) in [6, 6.07) is 74.6. The van der Waals surface area contributed by atoms with Crippen molar-refractivity contribution in [2.75, 3.05) is 0 Å². The number of rotatable bonds is 7. The van der Waals surface area contributed by atoms with Crippen molar-refractivity contribution in [2.45, 2.75) is 0 Å². The van der Waals surface area contributed by atoms with Crippen LogP contribution in [0.2, 0.25) is 0 Å². The number of hydrogen-bond acceptors (Lipinski definition) is 3. The zero-order valence-corrected chi connectivity index (χ0v) is 30.5. The SMILES string of the molecule is c1ccc(-c2cc(-c3cccc(-c4cccc(-c5ccc6c(ccc7nc(-c8ccccc8)cc(-c8ccccc8)c76)c5)c4)c3)nc(-c3ccccc3)n2)cc1. The first-order chi connectivity index (χ1) is 27.7. The van der Waals surface area contributed by atoms with Crippen LogP contribution in [0.1, 0.15) is 0 Å². The van der Waals surface area contributed by atoms with Gasteiger partial charge in [-0.15, -0.1) is 0 Å². The fourth-order valence-corrected chi connectivity index (χ4v) is 7.65. The molecule has 8 aromatic carbocycles. The van der Waals surface area contributed by atoms with Crippen molar-refractivity contribution in [1.82, 2.24) is 15.0 Å². The molecule has 0 aliphatic heterocycles. The van der Waals surface area contributed by atoms with E-state index in [9.17, 15) is 0 Å². The molecule has 2 heterocycles. The highest BCUT2D eigenvalue weighted by molar-refractivity contribution is 6.14. The second kappa shape index (κ2) is 14.4. The lowest BCUT2D eigenvalue weighted by atomic mass is 9.92. The summed E-state index contributed by atoms with van der Waals surface area (Å²) in [5, 5.41) is 3.54. The molecule has 0 spiro atoms. The molecule has 10 rings (SSSR count). The van der Waals surface area contributed by atoms with Crippen molar-refractivity contribution < 1.29 is 0 Å². The molecule has 0 amide bonds. The van der Waals surface area contributed by atoms with Crippen molar-refractivity contribution in [1.29, 1.82) is 0 Å². The first-order valence-electron chi connectivity index (χ1n) is 18.9. The van der Waals surface area contributed by atoms with Crippen LogP contribution in [0.25, 0.3) is 100 Å². The summed E-state index contributed by atoms with van der Waals surface area (Å²) in [7, 11) is 0.